The molecule has 1 unspecified atom stereocenters. The average molecular weight is 593 g/mol. The third-order valence-electron chi connectivity index (χ3n) is 8.44. The second-order valence-electron chi connectivity index (χ2n) is 12.2. The van der Waals surface area contributed by atoms with Crippen molar-refractivity contribution in [3.05, 3.63) is 34.9 Å². The van der Waals surface area contributed by atoms with Gasteiger partial charge in [-0.25, -0.2) is 13.6 Å². The molecule has 11 heteroatoms. The van der Waals surface area contributed by atoms with Gasteiger partial charge in [0.25, 0.3) is 0 Å². The highest BCUT2D eigenvalue weighted by atomic mass is 35.5. The van der Waals surface area contributed by atoms with Crippen LogP contribution in [0, 0.1) is 22.7 Å². The zero-order valence-corrected chi connectivity index (χ0v) is 24.2. The van der Waals surface area contributed by atoms with Crippen LogP contribution in [-0.4, -0.2) is 48.1 Å². The molecule has 3 atom stereocenters. The van der Waals surface area contributed by atoms with Crippen LogP contribution in [0.5, 0.6) is 0 Å². The van der Waals surface area contributed by atoms with Crippen LogP contribution in [0.2, 0.25) is 5.02 Å². The molecule has 224 valence electrons. The maximum Gasteiger partial charge on any atom is 0.407 e. The van der Waals surface area contributed by atoms with Gasteiger partial charge in [-0.1, -0.05) is 37.1 Å². The van der Waals surface area contributed by atoms with E-state index in [9.17, 15) is 28.4 Å². The van der Waals surface area contributed by atoms with Crippen molar-refractivity contribution >= 4 is 29.5 Å². The second-order valence-corrected chi connectivity index (χ2v) is 12.6. The van der Waals surface area contributed by atoms with E-state index in [0.717, 1.165) is 31.2 Å². The van der Waals surface area contributed by atoms with Crippen LogP contribution in [0.25, 0.3) is 0 Å². The molecule has 1 spiro atoms. The van der Waals surface area contributed by atoms with Gasteiger partial charge in [-0.15, -0.1) is 0 Å². The molecule has 3 amide bonds. The summed E-state index contributed by atoms with van der Waals surface area (Å²) in [5.41, 5.74) is 0.680. The summed E-state index contributed by atoms with van der Waals surface area (Å²) in [5.74, 6) is -4.04. The number of benzene rings is 1. The Morgan fingerprint density at radius 2 is 2.00 bits per heavy atom. The van der Waals surface area contributed by atoms with Crippen LogP contribution < -0.4 is 16.0 Å². The predicted octanol–water partition coefficient (Wildman–Crippen LogP) is 5.43. The number of carbonyl (C=O) groups is 3. The number of alkyl halides is 2. The summed E-state index contributed by atoms with van der Waals surface area (Å²) in [4.78, 5) is 38.3. The van der Waals surface area contributed by atoms with Crippen LogP contribution in [0.15, 0.2) is 24.3 Å². The van der Waals surface area contributed by atoms with Gasteiger partial charge in [-0.05, 0) is 75.5 Å². The molecule has 3 aliphatic rings. The van der Waals surface area contributed by atoms with Gasteiger partial charge < -0.3 is 20.7 Å². The molecule has 2 aliphatic carbocycles. The number of carbonyl (C=O) groups excluding carboxylic acids is 3. The first kappa shape index (κ1) is 31.0. The molecule has 2 saturated carbocycles. The molecule has 1 aromatic rings. The fraction of sp³-hybridized carbons (Fsp3) is 0.667. The lowest BCUT2D eigenvalue weighted by Crippen LogP contribution is -2.50. The molecule has 1 saturated heterocycles. The van der Waals surface area contributed by atoms with Crippen molar-refractivity contribution < 1.29 is 27.9 Å². The second kappa shape index (κ2) is 12.9. The third kappa shape index (κ3) is 9.03. The van der Waals surface area contributed by atoms with Crippen molar-refractivity contribution in [2.45, 2.75) is 108 Å². The fourth-order valence-corrected chi connectivity index (χ4v) is 5.92. The fourth-order valence-electron chi connectivity index (χ4n) is 5.71. The first-order valence-corrected chi connectivity index (χ1v) is 14.9. The lowest BCUT2D eigenvalue weighted by atomic mass is 9.95. The van der Waals surface area contributed by atoms with E-state index in [1.54, 1.807) is 13.0 Å². The summed E-state index contributed by atoms with van der Waals surface area (Å²) in [6.45, 7) is 1.83. The van der Waals surface area contributed by atoms with Gasteiger partial charge in [0.05, 0.1) is 12.7 Å². The molecule has 3 N–H and O–H groups in total. The summed E-state index contributed by atoms with van der Waals surface area (Å²) < 4.78 is 33.7. The van der Waals surface area contributed by atoms with Crippen molar-refractivity contribution in [2.24, 2.45) is 11.3 Å². The summed E-state index contributed by atoms with van der Waals surface area (Å²) in [6.07, 6.45) is 3.83. The number of hydrogen-bond acceptors (Lipinski definition) is 5. The molecular weight excluding hydrogens is 554 g/mol. The van der Waals surface area contributed by atoms with Crippen molar-refractivity contribution in [3.63, 3.8) is 0 Å². The molecule has 41 heavy (non-hydrogen) atoms. The number of nitrogens with one attached hydrogen (secondary N) is 3. The van der Waals surface area contributed by atoms with Gasteiger partial charge in [0.1, 0.15) is 12.1 Å². The molecule has 8 nitrogen and oxygen atoms in total. The molecular formula is C30H39ClF2N4O4. The van der Waals surface area contributed by atoms with Crippen molar-refractivity contribution in [2.75, 3.05) is 6.61 Å². The Bertz CT molecular complexity index is 1170. The number of nitriles is 1. The van der Waals surface area contributed by atoms with Gasteiger partial charge in [-0.2, -0.15) is 5.26 Å². The van der Waals surface area contributed by atoms with Crippen LogP contribution in [0.1, 0.15) is 83.1 Å². The van der Waals surface area contributed by atoms with Gasteiger partial charge in [0, 0.05) is 34.7 Å². The van der Waals surface area contributed by atoms with Crippen LogP contribution in [0.4, 0.5) is 13.6 Å². The highest BCUT2D eigenvalue weighted by Crippen LogP contribution is 2.49. The van der Waals surface area contributed by atoms with Crippen molar-refractivity contribution in [1.82, 2.24) is 16.0 Å². The Labute approximate surface area is 244 Å². The quantitative estimate of drug-likeness (QED) is 0.251. The van der Waals surface area contributed by atoms with Gasteiger partial charge in [-0.3, -0.25) is 9.59 Å². The van der Waals surface area contributed by atoms with E-state index in [-0.39, 0.29) is 55.1 Å². The largest absolute Gasteiger partial charge is 0.449 e. The normalized spacial score (nSPS) is 21.3. The van der Waals surface area contributed by atoms with E-state index >= 15 is 0 Å². The number of halogens is 3. The Balaban J connectivity index is 1.32. The lowest BCUT2D eigenvalue weighted by molar-refractivity contribution is -0.125. The van der Waals surface area contributed by atoms with Crippen LogP contribution in [-0.2, 0) is 20.7 Å². The molecule has 0 radical (unpaired) electrons. The maximum absolute atomic E-state index is 14.1. The Morgan fingerprint density at radius 3 is 2.61 bits per heavy atom. The van der Waals surface area contributed by atoms with E-state index in [1.165, 1.54) is 0 Å². The smallest absolute Gasteiger partial charge is 0.407 e. The lowest BCUT2D eigenvalue weighted by Gasteiger charge is -2.23. The minimum absolute atomic E-state index is 0.00512. The van der Waals surface area contributed by atoms with E-state index in [0.29, 0.717) is 24.3 Å². The summed E-state index contributed by atoms with van der Waals surface area (Å²) >= 11 is 6.09. The molecule has 1 heterocycles. The minimum atomic E-state index is -2.86. The van der Waals surface area contributed by atoms with E-state index in [2.05, 4.69) is 16.0 Å². The number of alkyl carbamates (subject to hydrolysis) is 1. The highest BCUT2D eigenvalue weighted by Gasteiger charge is 2.52. The predicted molar refractivity (Wildman–Crippen MR) is 149 cm³/mol. The number of ether oxygens (including phenoxy) is 1. The molecule has 4 rings (SSSR count). The average Bonchev–Trinajstić information content (AvgIpc) is 3.82. The van der Waals surface area contributed by atoms with E-state index in [1.807, 2.05) is 24.3 Å². The van der Waals surface area contributed by atoms with Gasteiger partial charge >= 0.3 is 6.09 Å². The number of hydrogen-bond donors (Lipinski definition) is 3. The topological polar surface area (TPSA) is 120 Å². The Kier molecular flexibility index (Phi) is 9.78. The third-order valence-corrected chi connectivity index (χ3v) is 8.67. The minimum Gasteiger partial charge on any atom is -0.449 e. The standard InChI is InChI=1S/C30H39ClF2N4O4/c1-2-8-30(32,33)9-4-7-24(26(39)35-23(18-34)15-21-17-29(12-13-29)37-25(21)38)36-27(40)41-19-28(10-11-28)16-20-5-3-6-22(31)14-20/h3,5-6,14,21,23-24H,2,4,7-13,15-17,19H2,1H3,(H,35,39)(H,36,40)(H,37,38)/t21?,23-,24-/m0/s1. The SMILES string of the molecule is CCCC(F)(F)CCC[C@H](NC(=O)OCC1(Cc2cccc(Cl)c2)CC1)C(=O)N[C@H](C#N)CC1CC2(CC2)NC1=O. The van der Waals surface area contributed by atoms with Gasteiger partial charge in [0.15, 0.2) is 0 Å². The number of rotatable bonds is 15. The van der Waals surface area contributed by atoms with Crippen molar-refractivity contribution in [1.29, 1.82) is 5.26 Å². The Hall–Kier alpha value is -2.93. The first-order chi connectivity index (χ1) is 19.5. The van der Waals surface area contributed by atoms with E-state index in [4.69, 9.17) is 16.3 Å². The van der Waals surface area contributed by atoms with Crippen LogP contribution in [0.3, 0.4) is 0 Å². The monoisotopic (exact) mass is 592 g/mol. The zero-order chi connectivity index (χ0) is 29.7. The first-order valence-electron chi connectivity index (χ1n) is 14.5. The van der Waals surface area contributed by atoms with Crippen LogP contribution >= 0.6 is 11.6 Å². The van der Waals surface area contributed by atoms with Gasteiger partial charge in [0.2, 0.25) is 17.7 Å². The molecule has 0 bridgehead atoms. The molecule has 0 aromatic heterocycles. The molecule has 1 aliphatic heterocycles. The summed E-state index contributed by atoms with van der Waals surface area (Å²) in [5, 5.41) is 18.4. The molecule has 3 fully saturated rings. The van der Waals surface area contributed by atoms with E-state index < -0.39 is 36.4 Å². The molecule has 1 aromatic carbocycles. The highest BCUT2D eigenvalue weighted by molar-refractivity contribution is 6.30. The van der Waals surface area contributed by atoms with Crippen molar-refractivity contribution in [3.8, 4) is 6.07 Å². The summed E-state index contributed by atoms with van der Waals surface area (Å²) in [6, 6.07) is 7.41. The zero-order valence-electron chi connectivity index (χ0n) is 23.4. The number of nitrogens with zero attached hydrogens (tertiary/aromatic N) is 1. The summed E-state index contributed by atoms with van der Waals surface area (Å²) in [7, 11) is 0. The maximum atomic E-state index is 14.1. The Morgan fingerprint density at radius 1 is 1.24 bits per heavy atom. The number of amides is 3.